The van der Waals surface area contributed by atoms with Crippen LogP contribution in [-0.4, -0.2) is 65.5 Å². The summed E-state index contributed by atoms with van der Waals surface area (Å²) in [5.41, 5.74) is 0. The van der Waals surface area contributed by atoms with Crippen molar-refractivity contribution >= 4 is 17.9 Å². The third-order valence-corrected chi connectivity index (χ3v) is 2.69. The number of amides is 3. The largest absolute Gasteiger partial charge is 0.480 e. The van der Waals surface area contributed by atoms with E-state index < -0.39 is 18.5 Å². The third kappa shape index (κ3) is 6.77. The number of rotatable bonds is 9. The van der Waals surface area contributed by atoms with E-state index in [1.807, 2.05) is 13.8 Å². The molecule has 7 heteroatoms. The van der Waals surface area contributed by atoms with Crippen molar-refractivity contribution in [2.75, 3.05) is 32.7 Å². The lowest BCUT2D eigenvalue weighted by Gasteiger charge is -2.21. The van der Waals surface area contributed by atoms with E-state index >= 15 is 0 Å². The Bertz CT molecular complexity index is 354. The van der Waals surface area contributed by atoms with E-state index in [0.29, 0.717) is 13.1 Å². The first-order chi connectivity index (χ1) is 9.46. The molecule has 0 spiro atoms. The van der Waals surface area contributed by atoms with Crippen LogP contribution < -0.4 is 5.32 Å². The van der Waals surface area contributed by atoms with Gasteiger partial charge in [0.05, 0.1) is 0 Å². The van der Waals surface area contributed by atoms with Crippen LogP contribution in [0.5, 0.6) is 0 Å². The molecule has 0 aromatic carbocycles. The molecule has 114 valence electrons. The highest BCUT2D eigenvalue weighted by molar-refractivity contribution is 5.81. The fourth-order valence-electron chi connectivity index (χ4n) is 1.66. The molecule has 0 saturated heterocycles. The highest BCUT2D eigenvalue weighted by Gasteiger charge is 2.16. The van der Waals surface area contributed by atoms with Gasteiger partial charge in [-0.1, -0.05) is 6.08 Å². The van der Waals surface area contributed by atoms with Gasteiger partial charge in [-0.2, -0.15) is 0 Å². The summed E-state index contributed by atoms with van der Waals surface area (Å²) in [6.45, 7) is 8.43. The van der Waals surface area contributed by atoms with Crippen molar-refractivity contribution in [2.45, 2.75) is 20.3 Å². The molecule has 0 aliphatic rings. The maximum absolute atomic E-state index is 11.7. The van der Waals surface area contributed by atoms with E-state index in [9.17, 15) is 14.4 Å². The van der Waals surface area contributed by atoms with Crippen LogP contribution >= 0.6 is 0 Å². The van der Waals surface area contributed by atoms with Crippen LogP contribution in [0.25, 0.3) is 0 Å². The van der Waals surface area contributed by atoms with Gasteiger partial charge in [0, 0.05) is 32.6 Å². The maximum Gasteiger partial charge on any atom is 0.323 e. The summed E-state index contributed by atoms with van der Waals surface area (Å²) in [6, 6.07) is -0.514. The molecule has 0 aromatic rings. The van der Waals surface area contributed by atoms with Crippen LogP contribution in [0.2, 0.25) is 0 Å². The molecule has 0 saturated carbocycles. The number of carboxylic acids is 1. The van der Waals surface area contributed by atoms with Crippen molar-refractivity contribution in [3.63, 3.8) is 0 Å². The number of nitrogens with zero attached hydrogens (tertiary/aromatic N) is 2. The third-order valence-electron chi connectivity index (χ3n) is 2.69. The Labute approximate surface area is 119 Å². The van der Waals surface area contributed by atoms with Crippen molar-refractivity contribution in [1.29, 1.82) is 0 Å². The number of aliphatic carboxylic acids is 1. The maximum atomic E-state index is 11.7. The summed E-state index contributed by atoms with van der Waals surface area (Å²) in [5, 5.41) is 11.2. The normalized spacial score (nSPS) is 9.70. The van der Waals surface area contributed by atoms with Gasteiger partial charge in [-0.15, -0.1) is 6.58 Å². The number of carboxylic acid groups (broad SMARTS) is 1. The van der Waals surface area contributed by atoms with Gasteiger partial charge in [0.15, 0.2) is 0 Å². The first kappa shape index (κ1) is 17.9. The first-order valence-electron chi connectivity index (χ1n) is 6.59. The Morgan fingerprint density at radius 2 is 1.80 bits per heavy atom. The lowest BCUT2D eigenvalue weighted by atomic mass is 10.3. The number of urea groups is 1. The molecule has 0 bridgehead atoms. The minimum atomic E-state index is -1.10. The number of nitrogens with one attached hydrogen (secondary N) is 1. The summed E-state index contributed by atoms with van der Waals surface area (Å²) in [6.07, 6.45) is 1.64. The quantitative estimate of drug-likeness (QED) is 0.605. The predicted octanol–water partition coefficient (Wildman–Crippen LogP) is 0.527. The topological polar surface area (TPSA) is 90.0 Å². The highest BCUT2D eigenvalue weighted by atomic mass is 16.4. The molecule has 0 heterocycles. The van der Waals surface area contributed by atoms with Crippen LogP contribution in [0.4, 0.5) is 4.79 Å². The summed E-state index contributed by atoms with van der Waals surface area (Å²) in [7, 11) is 0. The van der Waals surface area contributed by atoms with Crippen molar-refractivity contribution in [3.05, 3.63) is 12.7 Å². The fourth-order valence-corrected chi connectivity index (χ4v) is 1.66. The van der Waals surface area contributed by atoms with Gasteiger partial charge in [-0.05, 0) is 13.8 Å². The summed E-state index contributed by atoms with van der Waals surface area (Å²) >= 11 is 0. The smallest absolute Gasteiger partial charge is 0.323 e. The number of carbonyl (C=O) groups is 3. The molecule has 20 heavy (non-hydrogen) atoms. The molecule has 2 N–H and O–H groups in total. The fraction of sp³-hybridized carbons (Fsp3) is 0.615. The molecule has 0 unspecified atom stereocenters. The van der Waals surface area contributed by atoms with Crippen LogP contribution in [0.15, 0.2) is 12.7 Å². The molecular weight excluding hydrogens is 262 g/mol. The lowest BCUT2D eigenvalue weighted by molar-refractivity contribution is -0.137. The van der Waals surface area contributed by atoms with Gasteiger partial charge >= 0.3 is 12.0 Å². The standard InChI is InChI=1S/C13H23N3O4/c1-4-9-16(10-12(18)19)13(20)14-8-7-11(17)15(5-2)6-3/h4H,1,5-10H2,2-3H3,(H,14,20)(H,18,19). The van der Waals surface area contributed by atoms with Gasteiger partial charge in [0.2, 0.25) is 5.91 Å². The van der Waals surface area contributed by atoms with E-state index in [1.165, 1.54) is 6.08 Å². The van der Waals surface area contributed by atoms with Crippen molar-refractivity contribution < 1.29 is 19.5 Å². The number of hydrogen-bond acceptors (Lipinski definition) is 3. The number of carbonyl (C=O) groups excluding carboxylic acids is 2. The predicted molar refractivity (Wildman–Crippen MR) is 75.3 cm³/mol. The zero-order valence-corrected chi connectivity index (χ0v) is 12.1. The minimum Gasteiger partial charge on any atom is -0.480 e. The zero-order valence-electron chi connectivity index (χ0n) is 12.1. The van der Waals surface area contributed by atoms with Gasteiger partial charge in [-0.25, -0.2) is 4.79 Å². The highest BCUT2D eigenvalue weighted by Crippen LogP contribution is 1.94. The summed E-state index contributed by atoms with van der Waals surface area (Å²) < 4.78 is 0. The van der Waals surface area contributed by atoms with Crippen LogP contribution in [0, 0.1) is 0 Å². The molecule has 0 aliphatic carbocycles. The van der Waals surface area contributed by atoms with E-state index in [4.69, 9.17) is 5.11 Å². The van der Waals surface area contributed by atoms with E-state index in [0.717, 1.165) is 4.90 Å². The zero-order chi connectivity index (χ0) is 15.5. The molecule has 0 aromatic heterocycles. The van der Waals surface area contributed by atoms with Gasteiger partial charge in [0.25, 0.3) is 0 Å². The van der Waals surface area contributed by atoms with Crippen molar-refractivity contribution in [3.8, 4) is 0 Å². The first-order valence-corrected chi connectivity index (χ1v) is 6.59. The molecule has 0 radical (unpaired) electrons. The van der Waals surface area contributed by atoms with E-state index in [2.05, 4.69) is 11.9 Å². The van der Waals surface area contributed by atoms with Crippen molar-refractivity contribution in [2.24, 2.45) is 0 Å². The molecule has 3 amide bonds. The van der Waals surface area contributed by atoms with Crippen molar-refractivity contribution in [1.82, 2.24) is 15.1 Å². The monoisotopic (exact) mass is 285 g/mol. The van der Waals surface area contributed by atoms with Crippen LogP contribution in [0.1, 0.15) is 20.3 Å². The average Bonchev–Trinajstić information content (AvgIpc) is 2.39. The molecule has 0 fully saturated rings. The Balaban J connectivity index is 4.21. The van der Waals surface area contributed by atoms with Gasteiger partial charge < -0.3 is 20.2 Å². The molecule has 7 nitrogen and oxygen atoms in total. The summed E-state index contributed by atoms with van der Waals surface area (Å²) in [5.74, 6) is -1.13. The second kappa shape index (κ2) is 9.82. The van der Waals surface area contributed by atoms with Crippen LogP contribution in [0.3, 0.4) is 0 Å². The second-order valence-corrected chi connectivity index (χ2v) is 4.11. The lowest BCUT2D eigenvalue weighted by Crippen LogP contribution is -2.44. The minimum absolute atomic E-state index is 0.0381. The molecule has 0 rings (SSSR count). The average molecular weight is 285 g/mol. The van der Waals surface area contributed by atoms with Gasteiger partial charge in [0.1, 0.15) is 6.54 Å². The van der Waals surface area contributed by atoms with E-state index in [-0.39, 0.29) is 25.4 Å². The second-order valence-electron chi connectivity index (χ2n) is 4.11. The van der Waals surface area contributed by atoms with Gasteiger partial charge in [-0.3, -0.25) is 9.59 Å². The number of hydrogen-bond donors (Lipinski definition) is 2. The molecule has 0 atom stereocenters. The Kier molecular flexibility index (Phi) is 8.82. The summed E-state index contributed by atoms with van der Waals surface area (Å²) in [4.78, 5) is 36.8. The SMILES string of the molecule is C=CCN(CC(=O)O)C(=O)NCCC(=O)N(CC)CC. The van der Waals surface area contributed by atoms with Crippen LogP contribution in [-0.2, 0) is 9.59 Å². The molecular formula is C13H23N3O4. The van der Waals surface area contributed by atoms with E-state index in [1.54, 1.807) is 4.90 Å². The molecule has 0 aliphatic heterocycles. The Morgan fingerprint density at radius 3 is 2.25 bits per heavy atom. The Hall–Kier alpha value is -2.05. The Morgan fingerprint density at radius 1 is 1.20 bits per heavy atom.